The van der Waals surface area contributed by atoms with E-state index >= 15 is 0 Å². The number of aliphatic hydroxyl groups excluding tert-OH is 1. The van der Waals surface area contributed by atoms with Crippen molar-refractivity contribution in [1.82, 2.24) is 0 Å². The molecular formula is C15H26O7S3V. The number of hydrogen-bond donors (Lipinski definition) is 2. The Morgan fingerprint density at radius 3 is 1.65 bits per heavy atom. The number of aliphatic hydroxyl groups is 1. The molecule has 1 aliphatic heterocycles. The number of carboxylic acid groups (broad SMARTS) is 1. The van der Waals surface area contributed by atoms with Crippen molar-refractivity contribution in [3.8, 4) is 0 Å². The van der Waals surface area contributed by atoms with Crippen molar-refractivity contribution in [2.75, 3.05) is 36.0 Å². The summed E-state index contributed by atoms with van der Waals surface area (Å²) in [4.78, 5) is 33.0. The Hall–Kier alpha value is 0.00442. The fourth-order valence-electron chi connectivity index (χ4n) is 1.68. The Labute approximate surface area is 179 Å². The van der Waals surface area contributed by atoms with Crippen molar-refractivity contribution in [1.29, 1.82) is 0 Å². The summed E-state index contributed by atoms with van der Waals surface area (Å²) in [5.41, 5.74) is 0. The topological polar surface area (TPSA) is 110 Å². The normalized spacial score (nSPS) is 20.0. The number of rotatable bonds is 10. The Morgan fingerprint density at radius 2 is 1.35 bits per heavy atom. The van der Waals surface area contributed by atoms with Crippen molar-refractivity contribution in [2.45, 2.75) is 37.6 Å². The van der Waals surface area contributed by atoms with E-state index in [1.165, 1.54) is 11.8 Å². The van der Waals surface area contributed by atoms with Gasteiger partial charge in [-0.2, -0.15) is 35.3 Å². The number of aliphatic carboxylic acids is 1. The van der Waals surface area contributed by atoms with E-state index in [-0.39, 0.29) is 18.6 Å². The second kappa shape index (κ2) is 17.1. The van der Waals surface area contributed by atoms with Crippen molar-refractivity contribution in [2.24, 2.45) is 0 Å². The average molecular weight is 466 g/mol. The van der Waals surface area contributed by atoms with Gasteiger partial charge in [0.2, 0.25) is 0 Å². The van der Waals surface area contributed by atoms with E-state index in [2.05, 4.69) is 0 Å². The molecule has 0 aliphatic carbocycles. The molecule has 11 heteroatoms. The maximum absolute atomic E-state index is 11.5. The summed E-state index contributed by atoms with van der Waals surface area (Å²) in [6, 6.07) is 0. The second-order valence-corrected chi connectivity index (χ2v) is 8.01. The number of carbonyl (C=O) groups excluding carboxylic acids is 2. The molecule has 7 nitrogen and oxygen atoms in total. The third-order valence-electron chi connectivity index (χ3n) is 3.09. The van der Waals surface area contributed by atoms with Gasteiger partial charge in [-0.3, -0.25) is 0 Å². The minimum Gasteiger partial charge on any atom is -0.479 e. The molecule has 1 heterocycles. The molecule has 1 aliphatic rings. The van der Waals surface area contributed by atoms with Gasteiger partial charge >= 0.3 is 17.9 Å². The molecule has 0 aromatic carbocycles. The zero-order chi connectivity index (χ0) is 19.2. The summed E-state index contributed by atoms with van der Waals surface area (Å²) < 4.78 is 10.1. The molecule has 26 heavy (non-hydrogen) atoms. The van der Waals surface area contributed by atoms with Gasteiger partial charge in [-0.1, -0.05) is 0 Å². The number of ether oxygens (including phenoxy) is 2. The van der Waals surface area contributed by atoms with Crippen LogP contribution in [-0.2, 0) is 42.4 Å². The Kier molecular flexibility index (Phi) is 18.6. The number of carbonyl (C=O) groups is 3. The molecule has 1 saturated heterocycles. The number of thioether (sulfide) groups is 3. The van der Waals surface area contributed by atoms with Crippen LogP contribution in [0.15, 0.2) is 0 Å². The van der Waals surface area contributed by atoms with E-state index in [0.29, 0.717) is 25.0 Å². The Morgan fingerprint density at radius 1 is 0.962 bits per heavy atom. The van der Waals surface area contributed by atoms with E-state index in [9.17, 15) is 14.4 Å². The molecule has 151 valence electrons. The molecule has 1 rings (SSSR count). The molecular weight excluding hydrogens is 439 g/mol. The van der Waals surface area contributed by atoms with Crippen LogP contribution in [0.4, 0.5) is 0 Å². The summed E-state index contributed by atoms with van der Waals surface area (Å²) in [5.74, 6) is 0.307. The minimum absolute atomic E-state index is 0. The summed E-state index contributed by atoms with van der Waals surface area (Å²) in [6.07, 6.45) is 4.55. The monoisotopic (exact) mass is 465 g/mol. The van der Waals surface area contributed by atoms with Crippen LogP contribution in [0.25, 0.3) is 0 Å². The van der Waals surface area contributed by atoms with Gasteiger partial charge in [0, 0.05) is 31.4 Å². The van der Waals surface area contributed by atoms with Crippen LogP contribution in [-0.4, -0.2) is 82.5 Å². The standard InChI is InChI=1S/C10H16O4S2.C5H10O3S.V/c1-15-5-3-7-9(11)14-8(4-6-16-2)10(12)13-7;1-9-3-2-4(6)5(7)8;/h7-8H,3-6H2,1-2H3;4,6H,2-3H2,1H3,(H,7,8);. The SMILES string of the molecule is CSCCC(O)C(=O)O.CSCCC1OC(=O)C(CCSC)OC1=O.[V]. The summed E-state index contributed by atoms with van der Waals surface area (Å²) in [5, 5.41) is 16.8. The van der Waals surface area contributed by atoms with Crippen LogP contribution in [0.5, 0.6) is 0 Å². The average Bonchev–Trinajstić information content (AvgIpc) is 2.59. The maximum atomic E-state index is 11.5. The zero-order valence-electron chi connectivity index (χ0n) is 15.1. The van der Waals surface area contributed by atoms with E-state index in [0.717, 1.165) is 11.5 Å². The third-order valence-corrected chi connectivity index (χ3v) is 5.02. The van der Waals surface area contributed by atoms with Crippen molar-refractivity contribution < 1.29 is 52.6 Å². The molecule has 1 fully saturated rings. The van der Waals surface area contributed by atoms with Crippen LogP contribution >= 0.6 is 35.3 Å². The Bertz CT molecular complexity index is 400. The number of esters is 2. The first-order valence-corrected chi connectivity index (χ1v) is 11.8. The predicted molar refractivity (Wildman–Crippen MR) is 102 cm³/mol. The largest absolute Gasteiger partial charge is 0.479 e. The van der Waals surface area contributed by atoms with E-state index in [1.54, 1.807) is 23.5 Å². The van der Waals surface area contributed by atoms with Crippen LogP contribution in [0.3, 0.4) is 0 Å². The van der Waals surface area contributed by atoms with E-state index in [4.69, 9.17) is 19.7 Å². The molecule has 0 spiro atoms. The third kappa shape index (κ3) is 12.4. The molecule has 0 aromatic rings. The van der Waals surface area contributed by atoms with Crippen molar-refractivity contribution >= 4 is 53.2 Å². The number of cyclic esters (lactones) is 2. The molecule has 0 amide bonds. The fraction of sp³-hybridized carbons (Fsp3) is 0.800. The first-order chi connectivity index (χ1) is 11.9. The maximum Gasteiger partial charge on any atom is 0.348 e. The van der Waals surface area contributed by atoms with Crippen LogP contribution in [0, 0.1) is 0 Å². The fourth-order valence-corrected chi connectivity index (χ4v) is 3.04. The first kappa shape index (κ1) is 28.2. The van der Waals surface area contributed by atoms with Gasteiger partial charge in [0.15, 0.2) is 18.3 Å². The molecule has 0 saturated carbocycles. The summed E-state index contributed by atoms with van der Waals surface area (Å²) in [7, 11) is 0. The van der Waals surface area contributed by atoms with Gasteiger partial charge in [0.05, 0.1) is 0 Å². The van der Waals surface area contributed by atoms with Gasteiger partial charge < -0.3 is 19.7 Å². The van der Waals surface area contributed by atoms with Gasteiger partial charge in [-0.15, -0.1) is 0 Å². The Balaban J connectivity index is 0. The quantitative estimate of drug-likeness (QED) is 0.461. The van der Waals surface area contributed by atoms with Crippen LogP contribution in [0.2, 0.25) is 0 Å². The summed E-state index contributed by atoms with van der Waals surface area (Å²) in [6.45, 7) is 0. The number of hydrogen-bond acceptors (Lipinski definition) is 9. The smallest absolute Gasteiger partial charge is 0.348 e. The molecule has 3 unspecified atom stereocenters. The van der Waals surface area contributed by atoms with Crippen molar-refractivity contribution in [3.05, 3.63) is 0 Å². The van der Waals surface area contributed by atoms with Crippen LogP contribution < -0.4 is 0 Å². The van der Waals surface area contributed by atoms with E-state index < -0.39 is 36.2 Å². The molecule has 3 atom stereocenters. The summed E-state index contributed by atoms with van der Waals surface area (Å²) >= 11 is 4.75. The first-order valence-electron chi connectivity index (χ1n) is 7.66. The molecule has 0 aromatic heterocycles. The van der Waals surface area contributed by atoms with E-state index in [1.807, 2.05) is 18.8 Å². The van der Waals surface area contributed by atoms with Crippen LogP contribution in [0.1, 0.15) is 19.3 Å². The van der Waals surface area contributed by atoms with Gasteiger partial charge in [-0.25, -0.2) is 14.4 Å². The predicted octanol–water partition coefficient (Wildman–Crippen LogP) is 1.51. The van der Waals surface area contributed by atoms with Gasteiger partial charge in [0.1, 0.15) is 0 Å². The van der Waals surface area contributed by atoms with Gasteiger partial charge in [-0.05, 0) is 42.4 Å². The molecule has 0 bridgehead atoms. The minimum atomic E-state index is -1.18. The molecule has 1 radical (unpaired) electrons. The van der Waals surface area contributed by atoms with Gasteiger partial charge in [0.25, 0.3) is 0 Å². The zero-order valence-corrected chi connectivity index (χ0v) is 18.9. The number of carboxylic acids is 1. The molecule has 2 N–H and O–H groups in total. The van der Waals surface area contributed by atoms with Crippen molar-refractivity contribution in [3.63, 3.8) is 0 Å². The second-order valence-electron chi connectivity index (χ2n) is 5.05.